The Bertz CT molecular complexity index is 803. The number of carbonyl (C=O) groups is 2. The van der Waals surface area contributed by atoms with Gasteiger partial charge < -0.3 is 9.84 Å². The second-order valence-corrected chi connectivity index (χ2v) is 7.03. The van der Waals surface area contributed by atoms with Crippen molar-refractivity contribution in [1.82, 2.24) is 15.4 Å². The van der Waals surface area contributed by atoms with Gasteiger partial charge in [0.1, 0.15) is 11.3 Å². The van der Waals surface area contributed by atoms with Crippen LogP contribution in [-0.4, -0.2) is 22.0 Å². The molecule has 1 atom stereocenters. The van der Waals surface area contributed by atoms with Crippen LogP contribution in [0, 0.1) is 13.8 Å². The Labute approximate surface area is 147 Å². The Hall–Kier alpha value is -2.63. The molecule has 0 spiro atoms. The Kier molecular flexibility index (Phi) is 4.14. The van der Waals surface area contributed by atoms with Crippen LogP contribution in [0.15, 0.2) is 28.8 Å². The van der Waals surface area contributed by atoms with Gasteiger partial charge in [0.15, 0.2) is 0 Å². The summed E-state index contributed by atoms with van der Waals surface area (Å²) in [5.41, 5.74) is 2.36. The first-order chi connectivity index (χ1) is 11.7. The molecular weight excluding hydrogens is 318 g/mol. The predicted molar refractivity (Wildman–Crippen MR) is 92.9 cm³/mol. The Morgan fingerprint density at radius 2 is 1.84 bits per heavy atom. The van der Waals surface area contributed by atoms with Crippen LogP contribution in [0.2, 0.25) is 0 Å². The Morgan fingerprint density at radius 3 is 2.36 bits per heavy atom. The lowest BCUT2D eigenvalue weighted by Crippen LogP contribution is -2.40. The number of aromatic nitrogens is 1. The van der Waals surface area contributed by atoms with Crippen molar-refractivity contribution < 1.29 is 14.1 Å². The maximum absolute atomic E-state index is 13.0. The fourth-order valence-electron chi connectivity index (χ4n) is 3.12. The van der Waals surface area contributed by atoms with E-state index < -0.39 is 11.6 Å². The standard InChI is InChI=1S/C19H23N3O3/c1-11(2)14-6-8-15(9-7-14)19(5)17(23)22(18(24)20-19)10-16-12(3)21-25-13(16)4/h6-9,11H,10H2,1-5H3,(H,20,24)/t19-/m1/s1. The predicted octanol–water partition coefficient (Wildman–Crippen LogP) is 3.38. The number of rotatable bonds is 4. The second kappa shape index (κ2) is 6.02. The van der Waals surface area contributed by atoms with Crippen LogP contribution in [0.3, 0.4) is 0 Å². The minimum absolute atomic E-state index is 0.158. The van der Waals surface area contributed by atoms with Gasteiger partial charge in [-0.05, 0) is 37.8 Å². The molecule has 3 amide bonds. The molecule has 6 heteroatoms. The van der Waals surface area contributed by atoms with Crippen molar-refractivity contribution in [2.24, 2.45) is 0 Å². The summed E-state index contributed by atoms with van der Waals surface area (Å²) < 4.78 is 5.13. The molecular formula is C19H23N3O3. The van der Waals surface area contributed by atoms with E-state index >= 15 is 0 Å². The van der Waals surface area contributed by atoms with Gasteiger partial charge in [-0.3, -0.25) is 9.69 Å². The number of urea groups is 1. The van der Waals surface area contributed by atoms with Crippen molar-refractivity contribution in [3.05, 3.63) is 52.4 Å². The topological polar surface area (TPSA) is 75.4 Å². The van der Waals surface area contributed by atoms with Gasteiger partial charge in [-0.25, -0.2) is 4.79 Å². The number of aryl methyl sites for hydroxylation is 2. The minimum Gasteiger partial charge on any atom is -0.361 e. The number of hydrogen-bond donors (Lipinski definition) is 1. The molecule has 25 heavy (non-hydrogen) atoms. The number of benzene rings is 1. The zero-order valence-electron chi connectivity index (χ0n) is 15.2. The molecule has 1 aromatic heterocycles. The van der Waals surface area contributed by atoms with Crippen LogP contribution in [0.4, 0.5) is 4.79 Å². The number of carbonyl (C=O) groups excluding carboxylic acids is 2. The van der Waals surface area contributed by atoms with Crippen LogP contribution in [0.1, 0.15) is 54.8 Å². The molecule has 2 aromatic rings. The molecule has 0 unspecified atom stereocenters. The van der Waals surface area contributed by atoms with Crippen LogP contribution in [0.5, 0.6) is 0 Å². The number of hydrogen-bond acceptors (Lipinski definition) is 4. The fraction of sp³-hybridized carbons (Fsp3) is 0.421. The van der Waals surface area contributed by atoms with Crippen molar-refractivity contribution in [3.63, 3.8) is 0 Å². The summed E-state index contributed by atoms with van der Waals surface area (Å²) in [6, 6.07) is 7.42. The highest BCUT2D eigenvalue weighted by molar-refractivity contribution is 6.07. The van der Waals surface area contributed by atoms with Crippen molar-refractivity contribution in [1.29, 1.82) is 0 Å². The lowest BCUT2D eigenvalue weighted by molar-refractivity contribution is -0.131. The van der Waals surface area contributed by atoms with E-state index in [1.807, 2.05) is 24.3 Å². The molecule has 0 saturated carbocycles. The van der Waals surface area contributed by atoms with Crippen molar-refractivity contribution in [2.75, 3.05) is 0 Å². The van der Waals surface area contributed by atoms with Gasteiger partial charge in [0.2, 0.25) is 0 Å². The molecule has 6 nitrogen and oxygen atoms in total. The number of nitrogens with zero attached hydrogens (tertiary/aromatic N) is 2. The number of amides is 3. The zero-order valence-corrected chi connectivity index (χ0v) is 15.2. The van der Waals surface area contributed by atoms with Gasteiger partial charge in [0.25, 0.3) is 5.91 Å². The van der Waals surface area contributed by atoms with E-state index in [0.717, 1.165) is 11.1 Å². The summed E-state index contributed by atoms with van der Waals surface area (Å²) in [6.07, 6.45) is 0. The molecule has 1 aliphatic rings. The van der Waals surface area contributed by atoms with Crippen LogP contribution in [0.25, 0.3) is 0 Å². The third kappa shape index (κ3) is 2.81. The van der Waals surface area contributed by atoms with E-state index in [0.29, 0.717) is 17.4 Å². The maximum Gasteiger partial charge on any atom is 0.325 e. The van der Waals surface area contributed by atoms with Gasteiger partial charge in [-0.1, -0.05) is 43.3 Å². The molecule has 1 saturated heterocycles. The lowest BCUT2D eigenvalue weighted by atomic mass is 9.90. The molecule has 0 radical (unpaired) electrons. The normalized spacial score (nSPS) is 20.5. The fourth-order valence-corrected chi connectivity index (χ4v) is 3.12. The van der Waals surface area contributed by atoms with Gasteiger partial charge in [-0.15, -0.1) is 0 Å². The van der Waals surface area contributed by atoms with Gasteiger partial charge in [0.05, 0.1) is 12.2 Å². The summed E-state index contributed by atoms with van der Waals surface area (Å²) >= 11 is 0. The smallest absolute Gasteiger partial charge is 0.325 e. The van der Waals surface area contributed by atoms with E-state index in [9.17, 15) is 9.59 Å². The summed E-state index contributed by atoms with van der Waals surface area (Å²) in [5, 5.41) is 6.72. The molecule has 3 rings (SSSR count). The van der Waals surface area contributed by atoms with Crippen molar-refractivity contribution in [2.45, 2.75) is 52.6 Å². The Morgan fingerprint density at radius 1 is 1.20 bits per heavy atom. The van der Waals surface area contributed by atoms with Crippen LogP contribution < -0.4 is 5.32 Å². The van der Waals surface area contributed by atoms with E-state index in [4.69, 9.17) is 4.52 Å². The SMILES string of the molecule is Cc1noc(C)c1CN1C(=O)N[C@](C)(c2ccc(C(C)C)cc2)C1=O. The summed E-state index contributed by atoms with van der Waals surface area (Å²) in [5.74, 6) is 0.759. The highest BCUT2D eigenvalue weighted by Crippen LogP contribution is 2.31. The van der Waals surface area contributed by atoms with Crippen LogP contribution >= 0.6 is 0 Å². The molecule has 0 aliphatic carbocycles. The second-order valence-electron chi connectivity index (χ2n) is 7.03. The van der Waals surface area contributed by atoms with Crippen molar-refractivity contribution in [3.8, 4) is 0 Å². The monoisotopic (exact) mass is 341 g/mol. The Balaban J connectivity index is 1.89. The first-order valence-corrected chi connectivity index (χ1v) is 8.40. The average molecular weight is 341 g/mol. The highest BCUT2D eigenvalue weighted by Gasteiger charge is 2.49. The molecule has 1 N–H and O–H groups in total. The van der Waals surface area contributed by atoms with E-state index in [1.165, 1.54) is 10.5 Å². The summed E-state index contributed by atoms with van der Waals surface area (Å²) in [7, 11) is 0. The number of imide groups is 1. The average Bonchev–Trinajstić information content (AvgIpc) is 3.00. The largest absolute Gasteiger partial charge is 0.361 e. The third-order valence-corrected chi connectivity index (χ3v) is 4.93. The van der Waals surface area contributed by atoms with Gasteiger partial charge in [0, 0.05) is 5.56 Å². The molecule has 1 fully saturated rings. The first-order valence-electron chi connectivity index (χ1n) is 8.40. The highest BCUT2D eigenvalue weighted by atomic mass is 16.5. The number of nitrogens with one attached hydrogen (secondary N) is 1. The molecule has 1 aliphatic heterocycles. The summed E-state index contributed by atoms with van der Waals surface area (Å²) in [6.45, 7) is 9.71. The third-order valence-electron chi connectivity index (χ3n) is 4.93. The molecule has 2 heterocycles. The summed E-state index contributed by atoms with van der Waals surface area (Å²) in [4.78, 5) is 26.7. The zero-order chi connectivity index (χ0) is 18.4. The minimum atomic E-state index is -1.06. The van der Waals surface area contributed by atoms with Gasteiger partial charge in [-0.2, -0.15) is 0 Å². The van der Waals surface area contributed by atoms with Gasteiger partial charge >= 0.3 is 6.03 Å². The van der Waals surface area contributed by atoms with E-state index in [-0.39, 0.29) is 12.5 Å². The van der Waals surface area contributed by atoms with E-state index in [1.54, 1.807) is 20.8 Å². The maximum atomic E-state index is 13.0. The molecule has 0 bridgehead atoms. The molecule has 132 valence electrons. The van der Waals surface area contributed by atoms with E-state index in [2.05, 4.69) is 24.3 Å². The first kappa shape index (κ1) is 17.2. The van der Waals surface area contributed by atoms with Crippen molar-refractivity contribution >= 4 is 11.9 Å². The quantitative estimate of drug-likeness (QED) is 0.865. The lowest BCUT2D eigenvalue weighted by Gasteiger charge is -2.23. The molecule has 1 aromatic carbocycles. The van der Waals surface area contributed by atoms with Crippen LogP contribution in [-0.2, 0) is 16.9 Å².